The smallest absolute Gasteiger partial charge is 0.229 e. The van der Waals surface area contributed by atoms with Crippen LogP contribution in [-0.2, 0) is 4.79 Å². The van der Waals surface area contributed by atoms with E-state index in [9.17, 15) is 9.18 Å². The summed E-state index contributed by atoms with van der Waals surface area (Å²) >= 11 is 1.37. The molecule has 8 nitrogen and oxygen atoms in total. The van der Waals surface area contributed by atoms with Crippen LogP contribution in [0.15, 0.2) is 36.5 Å². The molecule has 34 heavy (non-hydrogen) atoms. The van der Waals surface area contributed by atoms with Gasteiger partial charge in [0.15, 0.2) is 11.6 Å². The minimum Gasteiger partial charge on any atom is -0.369 e. The normalized spacial score (nSPS) is 25.4. The van der Waals surface area contributed by atoms with Crippen molar-refractivity contribution in [3.05, 3.63) is 47.9 Å². The Morgan fingerprint density at radius 3 is 2.79 bits per heavy atom. The number of halogens is 1. The quantitative estimate of drug-likeness (QED) is 0.353. The molecule has 1 aliphatic heterocycles. The number of nitrogens with one attached hydrogen (secondary N) is 4. The van der Waals surface area contributed by atoms with Crippen molar-refractivity contribution in [2.75, 3.05) is 48.2 Å². The Bertz CT molecular complexity index is 1090. The first kappa shape index (κ1) is 22.9. The molecule has 1 aromatic carbocycles. The zero-order valence-electron chi connectivity index (χ0n) is 19.3. The number of fused-ring (bicyclic) bond motifs is 2. The third-order valence-corrected chi connectivity index (χ3v) is 8.11. The van der Waals surface area contributed by atoms with E-state index in [1.165, 1.54) is 17.6 Å². The number of anilines is 4. The van der Waals surface area contributed by atoms with Gasteiger partial charge in [-0.3, -0.25) is 4.79 Å². The first-order chi connectivity index (χ1) is 16.5. The summed E-state index contributed by atoms with van der Waals surface area (Å²) in [6, 6.07) is 6.15. The molecule has 3 aliphatic rings. The lowest BCUT2D eigenvalue weighted by Gasteiger charge is -2.30. The molecule has 1 aromatic heterocycles. The molecule has 1 saturated heterocycles. The van der Waals surface area contributed by atoms with Crippen LogP contribution in [0, 0.1) is 30.5 Å². The number of hydrogen-bond acceptors (Lipinski definition) is 8. The minimum atomic E-state index is -0.529. The summed E-state index contributed by atoms with van der Waals surface area (Å²) in [6.45, 7) is 6.03. The van der Waals surface area contributed by atoms with Gasteiger partial charge in [0, 0.05) is 49.9 Å². The number of nitrogens with zero attached hydrogens (tertiary/aromatic N) is 3. The number of benzene rings is 1. The number of carbonyl (C=O) groups is 1. The Hall–Kier alpha value is -2.85. The third-order valence-electron chi connectivity index (χ3n) is 6.88. The van der Waals surface area contributed by atoms with Crippen molar-refractivity contribution in [2.24, 2.45) is 17.8 Å². The van der Waals surface area contributed by atoms with E-state index in [0.29, 0.717) is 11.9 Å². The Kier molecular flexibility index (Phi) is 6.60. The molecule has 2 fully saturated rings. The van der Waals surface area contributed by atoms with E-state index in [2.05, 4.69) is 66.7 Å². The number of hydrogen-bond donors (Lipinski definition) is 4. The second kappa shape index (κ2) is 9.79. The number of aromatic nitrogens is 2. The van der Waals surface area contributed by atoms with Gasteiger partial charge in [0.1, 0.15) is 0 Å². The molecule has 2 aromatic rings. The van der Waals surface area contributed by atoms with Crippen molar-refractivity contribution in [3.8, 4) is 0 Å². The van der Waals surface area contributed by atoms with Gasteiger partial charge in [0.25, 0.3) is 0 Å². The Balaban J connectivity index is 1.26. The number of amides is 1. The Labute approximate surface area is 203 Å². The predicted octanol–water partition coefficient (Wildman–Crippen LogP) is 3.07. The molecule has 1 saturated carbocycles. The molecule has 0 radical (unpaired) electrons. The van der Waals surface area contributed by atoms with Gasteiger partial charge in [-0.05, 0) is 60.9 Å². The van der Waals surface area contributed by atoms with Crippen molar-refractivity contribution < 1.29 is 9.18 Å². The van der Waals surface area contributed by atoms with Crippen LogP contribution in [0.5, 0.6) is 0 Å². The van der Waals surface area contributed by atoms with Gasteiger partial charge in [0.05, 0.1) is 12.1 Å². The minimum absolute atomic E-state index is 0.0286. The summed E-state index contributed by atoms with van der Waals surface area (Å²) in [4.78, 5) is 23.2. The van der Waals surface area contributed by atoms with E-state index < -0.39 is 5.82 Å². The molecular weight excluding hydrogens is 453 g/mol. The molecule has 4 N–H and O–H groups in total. The summed E-state index contributed by atoms with van der Waals surface area (Å²) in [5.41, 5.74) is 3.23. The fraction of sp³-hybridized carbons (Fsp3) is 0.458. The van der Waals surface area contributed by atoms with E-state index in [0.717, 1.165) is 50.0 Å². The topological polar surface area (TPSA) is 94.2 Å². The van der Waals surface area contributed by atoms with Crippen molar-refractivity contribution in [3.63, 3.8) is 0 Å². The van der Waals surface area contributed by atoms with Crippen LogP contribution in [0.4, 0.5) is 27.5 Å². The second-order valence-electron chi connectivity index (χ2n) is 9.03. The maximum absolute atomic E-state index is 14.5. The number of allylic oxidation sites excluding steroid dienone is 2. The van der Waals surface area contributed by atoms with Crippen molar-refractivity contribution in [1.82, 2.24) is 20.6 Å². The SMILES string of the molecule is CNC(=O)C1C2C=CC(C2)C1SNc1nc(Nc2ccc(N3CCNCC3)c(C)c2)ncc1F. The highest BCUT2D eigenvalue weighted by atomic mass is 32.2. The first-order valence-electron chi connectivity index (χ1n) is 11.7. The van der Waals surface area contributed by atoms with Crippen LogP contribution >= 0.6 is 11.9 Å². The molecule has 1 amide bonds. The van der Waals surface area contributed by atoms with Crippen molar-refractivity contribution in [2.45, 2.75) is 18.6 Å². The zero-order valence-corrected chi connectivity index (χ0v) is 20.2. The molecule has 2 aliphatic carbocycles. The lowest BCUT2D eigenvalue weighted by molar-refractivity contribution is -0.125. The van der Waals surface area contributed by atoms with Crippen LogP contribution in [0.2, 0.25) is 0 Å². The molecule has 0 spiro atoms. The van der Waals surface area contributed by atoms with Crippen LogP contribution in [-0.4, -0.2) is 54.4 Å². The standard InChI is InChI=1S/C24H30FN7OS/c1-14-11-17(5-6-19(14)32-9-7-27-8-10-32)29-24-28-13-18(25)22(30-24)31-34-21-16-4-3-15(12-16)20(21)23(33)26-2/h3-6,11,13,15-16,20-21,27H,7-10,12H2,1-2H3,(H,26,33)(H2,28,29,30,31). The van der Waals surface area contributed by atoms with E-state index in [1.807, 2.05) is 6.07 Å². The fourth-order valence-electron chi connectivity index (χ4n) is 5.19. The van der Waals surface area contributed by atoms with Crippen molar-refractivity contribution >= 4 is 41.0 Å². The van der Waals surface area contributed by atoms with E-state index in [1.54, 1.807) is 7.05 Å². The average Bonchev–Trinajstić information content (AvgIpc) is 3.46. The molecule has 10 heteroatoms. The number of rotatable bonds is 7. The molecule has 2 heterocycles. The molecule has 4 unspecified atom stereocenters. The van der Waals surface area contributed by atoms with Gasteiger partial charge >= 0.3 is 0 Å². The monoisotopic (exact) mass is 483 g/mol. The van der Waals surface area contributed by atoms with Gasteiger partial charge in [-0.1, -0.05) is 12.2 Å². The van der Waals surface area contributed by atoms with Crippen LogP contribution in [0.25, 0.3) is 0 Å². The molecule has 2 bridgehead atoms. The fourth-order valence-corrected chi connectivity index (χ4v) is 6.43. The van der Waals surface area contributed by atoms with E-state index >= 15 is 0 Å². The molecule has 5 rings (SSSR count). The van der Waals surface area contributed by atoms with Crippen LogP contribution < -0.4 is 25.6 Å². The summed E-state index contributed by atoms with van der Waals surface area (Å²) in [5, 5.41) is 9.36. The van der Waals surface area contributed by atoms with Gasteiger partial charge in [0.2, 0.25) is 11.9 Å². The largest absolute Gasteiger partial charge is 0.369 e. The Morgan fingerprint density at radius 2 is 2.03 bits per heavy atom. The average molecular weight is 484 g/mol. The summed E-state index contributed by atoms with van der Waals surface area (Å²) in [5.74, 6) is 0.333. The highest BCUT2D eigenvalue weighted by Gasteiger charge is 2.48. The molecule has 4 atom stereocenters. The summed E-state index contributed by atoms with van der Waals surface area (Å²) in [7, 11) is 1.66. The van der Waals surface area contributed by atoms with Gasteiger partial charge in [-0.15, -0.1) is 0 Å². The van der Waals surface area contributed by atoms with E-state index in [-0.39, 0.29) is 28.8 Å². The van der Waals surface area contributed by atoms with Crippen LogP contribution in [0.1, 0.15) is 12.0 Å². The highest BCUT2D eigenvalue weighted by molar-refractivity contribution is 8.01. The second-order valence-corrected chi connectivity index (χ2v) is 10.0. The van der Waals surface area contributed by atoms with E-state index in [4.69, 9.17) is 0 Å². The number of piperazine rings is 1. The third kappa shape index (κ3) is 4.56. The van der Waals surface area contributed by atoms with Gasteiger partial charge < -0.3 is 25.6 Å². The van der Waals surface area contributed by atoms with Crippen LogP contribution in [0.3, 0.4) is 0 Å². The van der Waals surface area contributed by atoms with Crippen molar-refractivity contribution in [1.29, 1.82) is 0 Å². The number of aryl methyl sites for hydroxylation is 1. The maximum Gasteiger partial charge on any atom is 0.229 e. The summed E-state index contributed by atoms with van der Waals surface area (Å²) < 4.78 is 17.5. The molecule has 180 valence electrons. The van der Waals surface area contributed by atoms with Gasteiger partial charge in [-0.25, -0.2) is 9.37 Å². The maximum atomic E-state index is 14.5. The summed E-state index contributed by atoms with van der Waals surface area (Å²) in [6.07, 6.45) is 6.42. The lowest BCUT2D eigenvalue weighted by Crippen LogP contribution is -2.43. The number of carbonyl (C=O) groups excluding carboxylic acids is 1. The highest BCUT2D eigenvalue weighted by Crippen LogP contribution is 2.49. The first-order valence-corrected chi connectivity index (χ1v) is 12.6. The Morgan fingerprint density at radius 1 is 1.24 bits per heavy atom. The zero-order chi connectivity index (χ0) is 23.7. The predicted molar refractivity (Wildman–Crippen MR) is 135 cm³/mol. The molecular formula is C24H30FN7OS. The lowest BCUT2D eigenvalue weighted by atomic mass is 9.92. The van der Waals surface area contributed by atoms with Gasteiger partial charge in [-0.2, -0.15) is 4.98 Å².